The SMILES string of the molecule is CC[C@@H](Oc1cccc(OC)c1)C(=O)Nc1ccccc1C(=O)c1ccccc1. The van der Waals surface area contributed by atoms with Gasteiger partial charge in [-0.05, 0) is 30.7 Å². The molecule has 148 valence electrons. The van der Waals surface area contributed by atoms with Gasteiger partial charge >= 0.3 is 0 Å². The minimum atomic E-state index is -0.706. The zero-order chi connectivity index (χ0) is 20.6. The van der Waals surface area contributed by atoms with Crippen molar-refractivity contribution in [2.75, 3.05) is 12.4 Å². The lowest BCUT2D eigenvalue weighted by atomic mass is 10.0. The number of ketones is 1. The Hall–Kier alpha value is -3.60. The summed E-state index contributed by atoms with van der Waals surface area (Å²) in [7, 11) is 1.57. The van der Waals surface area contributed by atoms with Crippen LogP contribution in [0.4, 0.5) is 5.69 Å². The summed E-state index contributed by atoms with van der Waals surface area (Å²) in [5.41, 5.74) is 1.45. The fraction of sp³-hybridized carbons (Fsp3) is 0.167. The molecule has 0 aliphatic carbocycles. The Labute approximate surface area is 170 Å². The van der Waals surface area contributed by atoms with Gasteiger partial charge in [0.2, 0.25) is 0 Å². The van der Waals surface area contributed by atoms with Crippen LogP contribution in [0.15, 0.2) is 78.9 Å². The van der Waals surface area contributed by atoms with E-state index < -0.39 is 6.10 Å². The lowest BCUT2D eigenvalue weighted by Gasteiger charge is -2.18. The van der Waals surface area contributed by atoms with E-state index in [1.165, 1.54) is 0 Å². The molecule has 0 saturated carbocycles. The summed E-state index contributed by atoms with van der Waals surface area (Å²) < 4.78 is 11.0. The fourth-order valence-electron chi connectivity index (χ4n) is 2.91. The van der Waals surface area contributed by atoms with Gasteiger partial charge in [-0.15, -0.1) is 0 Å². The van der Waals surface area contributed by atoms with E-state index in [1.54, 1.807) is 67.8 Å². The van der Waals surface area contributed by atoms with E-state index in [0.29, 0.717) is 34.7 Å². The minimum Gasteiger partial charge on any atom is -0.497 e. The van der Waals surface area contributed by atoms with Gasteiger partial charge in [-0.1, -0.05) is 55.5 Å². The molecule has 0 radical (unpaired) electrons. The summed E-state index contributed by atoms with van der Waals surface area (Å²) in [4.78, 5) is 25.7. The highest BCUT2D eigenvalue weighted by Crippen LogP contribution is 2.23. The van der Waals surface area contributed by atoms with Crippen LogP contribution in [-0.2, 0) is 4.79 Å². The van der Waals surface area contributed by atoms with Crippen LogP contribution in [0.5, 0.6) is 11.5 Å². The number of nitrogens with one attached hydrogen (secondary N) is 1. The molecule has 0 bridgehead atoms. The van der Waals surface area contributed by atoms with E-state index >= 15 is 0 Å². The number of hydrogen-bond acceptors (Lipinski definition) is 4. The van der Waals surface area contributed by atoms with E-state index in [0.717, 1.165) is 0 Å². The molecule has 0 saturated heterocycles. The minimum absolute atomic E-state index is 0.150. The predicted octanol–water partition coefficient (Wildman–Crippen LogP) is 4.72. The molecule has 0 spiro atoms. The van der Waals surface area contributed by atoms with Crippen molar-refractivity contribution in [1.29, 1.82) is 0 Å². The van der Waals surface area contributed by atoms with Gasteiger partial charge in [0.1, 0.15) is 11.5 Å². The third kappa shape index (κ3) is 5.02. The normalized spacial score (nSPS) is 11.4. The van der Waals surface area contributed by atoms with Gasteiger partial charge in [-0.3, -0.25) is 9.59 Å². The van der Waals surface area contributed by atoms with Crippen molar-refractivity contribution in [1.82, 2.24) is 0 Å². The van der Waals surface area contributed by atoms with Gasteiger partial charge in [0, 0.05) is 17.2 Å². The van der Waals surface area contributed by atoms with E-state index in [1.807, 2.05) is 25.1 Å². The lowest BCUT2D eigenvalue weighted by Crippen LogP contribution is -2.32. The van der Waals surface area contributed by atoms with Crippen LogP contribution in [0.3, 0.4) is 0 Å². The molecule has 3 rings (SSSR count). The number of methoxy groups -OCH3 is 1. The second-order valence-electron chi connectivity index (χ2n) is 6.42. The third-order valence-corrected chi connectivity index (χ3v) is 4.45. The van der Waals surface area contributed by atoms with Crippen LogP contribution in [0.2, 0.25) is 0 Å². The number of anilines is 1. The highest BCUT2D eigenvalue weighted by atomic mass is 16.5. The molecule has 0 aliphatic rings. The quantitative estimate of drug-likeness (QED) is 0.566. The molecule has 5 nitrogen and oxygen atoms in total. The molecule has 1 N–H and O–H groups in total. The number of ether oxygens (including phenoxy) is 2. The third-order valence-electron chi connectivity index (χ3n) is 4.45. The highest BCUT2D eigenvalue weighted by Gasteiger charge is 2.21. The molecule has 3 aromatic rings. The molecule has 0 aromatic heterocycles. The van der Waals surface area contributed by atoms with Gasteiger partial charge < -0.3 is 14.8 Å². The van der Waals surface area contributed by atoms with Crippen molar-refractivity contribution in [2.24, 2.45) is 0 Å². The molecule has 0 heterocycles. The summed E-state index contributed by atoms with van der Waals surface area (Å²) in [6, 6.07) is 23.0. The Morgan fingerprint density at radius 3 is 2.31 bits per heavy atom. The number of benzene rings is 3. The van der Waals surface area contributed by atoms with E-state index in [9.17, 15) is 9.59 Å². The number of carbonyl (C=O) groups is 2. The Bertz CT molecular complexity index is 985. The van der Waals surface area contributed by atoms with Gasteiger partial charge in [0.15, 0.2) is 11.9 Å². The first kappa shape index (κ1) is 20.1. The van der Waals surface area contributed by atoms with Crippen molar-refractivity contribution in [3.05, 3.63) is 90.0 Å². The number of hydrogen-bond donors (Lipinski definition) is 1. The predicted molar refractivity (Wildman–Crippen MR) is 113 cm³/mol. The summed E-state index contributed by atoms with van der Waals surface area (Å²) in [6.45, 7) is 1.87. The van der Waals surface area contributed by atoms with Gasteiger partial charge in [-0.25, -0.2) is 0 Å². The lowest BCUT2D eigenvalue weighted by molar-refractivity contribution is -0.122. The van der Waals surface area contributed by atoms with Crippen LogP contribution in [0.25, 0.3) is 0 Å². The monoisotopic (exact) mass is 389 g/mol. The van der Waals surface area contributed by atoms with Crippen molar-refractivity contribution in [3.8, 4) is 11.5 Å². The fourth-order valence-corrected chi connectivity index (χ4v) is 2.91. The smallest absolute Gasteiger partial charge is 0.265 e. The number of rotatable bonds is 8. The van der Waals surface area contributed by atoms with Gasteiger partial charge in [0.05, 0.1) is 12.8 Å². The van der Waals surface area contributed by atoms with E-state index in [-0.39, 0.29) is 11.7 Å². The summed E-state index contributed by atoms with van der Waals surface area (Å²) in [6.07, 6.45) is -0.236. The number of amides is 1. The van der Waals surface area contributed by atoms with Crippen molar-refractivity contribution < 1.29 is 19.1 Å². The number of para-hydroxylation sites is 1. The molecular weight excluding hydrogens is 366 g/mol. The van der Waals surface area contributed by atoms with Crippen LogP contribution in [0.1, 0.15) is 29.3 Å². The zero-order valence-electron chi connectivity index (χ0n) is 16.4. The molecule has 0 fully saturated rings. The second-order valence-corrected chi connectivity index (χ2v) is 6.42. The Morgan fingerprint density at radius 2 is 1.59 bits per heavy atom. The molecule has 1 atom stereocenters. The van der Waals surface area contributed by atoms with E-state index in [4.69, 9.17) is 9.47 Å². The largest absolute Gasteiger partial charge is 0.497 e. The molecule has 0 aliphatic heterocycles. The average Bonchev–Trinajstić information content (AvgIpc) is 2.78. The van der Waals surface area contributed by atoms with Gasteiger partial charge in [0.25, 0.3) is 5.91 Å². The molecule has 3 aromatic carbocycles. The summed E-state index contributed by atoms with van der Waals surface area (Å²) in [5.74, 6) is 0.725. The highest BCUT2D eigenvalue weighted by molar-refractivity contribution is 6.14. The maximum Gasteiger partial charge on any atom is 0.265 e. The first-order valence-electron chi connectivity index (χ1n) is 9.42. The van der Waals surface area contributed by atoms with Crippen LogP contribution >= 0.6 is 0 Å². The van der Waals surface area contributed by atoms with E-state index in [2.05, 4.69) is 5.32 Å². The maximum absolute atomic E-state index is 12.9. The molecule has 0 unspecified atom stereocenters. The van der Waals surface area contributed by atoms with Gasteiger partial charge in [-0.2, -0.15) is 0 Å². The molecule has 1 amide bonds. The summed E-state index contributed by atoms with van der Waals surface area (Å²) >= 11 is 0. The van der Waals surface area contributed by atoms with Crippen molar-refractivity contribution in [3.63, 3.8) is 0 Å². The first-order valence-corrected chi connectivity index (χ1v) is 9.42. The topological polar surface area (TPSA) is 64.6 Å². The van der Waals surface area contributed by atoms with Crippen LogP contribution in [-0.4, -0.2) is 24.9 Å². The molecular formula is C24H23NO4. The summed E-state index contributed by atoms with van der Waals surface area (Å²) in [5, 5.41) is 2.85. The average molecular weight is 389 g/mol. The Morgan fingerprint density at radius 1 is 0.897 bits per heavy atom. The zero-order valence-corrected chi connectivity index (χ0v) is 16.4. The Kier molecular flexibility index (Phi) is 6.63. The molecule has 5 heteroatoms. The van der Waals surface area contributed by atoms with Crippen LogP contribution < -0.4 is 14.8 Å². The standard InChI is InChI=1S/C24H23NO4/c1-3-22(29-19-13-9-12-18(16-19)28-2)24(27)25-21-15-8-7-14-20(21)23(26)17-10-5-4-6-11-17/h4-16,22H,3H2,1-2H3,(H,25,27)/t22-/m1/s1. The Balaban J connectivity index is 1.78. The van der Waals surface area contributed by atoms with Crippen molar-refractivity contribution >= 4 is 17.4 Å². The van der Waals surface area contributed by atoms with Crippen molar-refractivity contribution in [2.45, 2.75) is 19.4 Å². The first-order chi connectivity index (χ1) is 14.1. The number of carbonyl (C=O) groups excluding carboxylic acids is 2. The van der Waals surface area contributed by atoms with Crippen LogP contribution in [0, 0.1) is 0 Å². The molecule has 29 heavy (non-hydrogen) atoms. The maximum atomic E-state index is 12.9. The second kappa shape index (κ2) is 9.55.